The molecule has 0 aliphatic heterocycles. The second kappa shape index (κ2) is 8.11. The molecule has 1 aromatic carbocycles. The normalized spacial score (nSPS) is 9.95. The Labute approximate surface area is 118 Å². The Morgan fingerprint density at radius 2 is 1.70 bits per heavy atom. The van der Waals surface area contributed by atoms with E-state index in [1.807, 2.05) is 0 Å². The number of hydrogen-bond donors (Lipinski definition) is 3. The van der Waals surface area contributed by atoms with E-state index in [4.69, 9.17) is 19.9 Å². The molecule has 0 fully saturated rings. The average molecular weight is 283 g/mol. The SMILES string of the molecule is COc1cc(OC)c(CNCCNC(N)=O)c(OC)c1. The third kappa shape index (κ3) is 4.51. The third-order valence-corrected chi connectivity index (χ3v) is 2.72. The van der Waals surface area contributed by atoms with Gasteiger partial charge >= 0.3 is 6.03 Å². The lowest BCUT2D eigenvalue weighted by atomic mass is 10.1. The van der Waals surface area contributed by atoms with Gasteiger partial charge in [0.2, 0.25) is 0 Å². The molecule has 0 aliphatic carbocycles. The van der Waals surface area contributed by atoms with Crippen molar-refractivity contribution in [1.29, 1.82) is 0 Å². The Morgan fingerprint density at radius 1 is 1.10 bits per heavy atom. The lowest BCUT2D eigenvalue weighted by Gasteiger charge is -2.15. The van der Waals surface area contributed by atoms with Crippen molar-refractivity contribution in [1.82, 2.24) is 10.6 Å². The Kier molecular flexibility index (Phi) is 6.45. The predicted octanol–water partition coefficient (Wildman–Crippen LogP) is 0.470. The minimum absolute atomic E-state index is 0.454. The molecule has 112 valence electrons. The van der Waals surface area contributed by atoms with Gasteiger partial charge in [0, 0.05) is 31.8 Å². The molecular weight excluding hydrogens is 262 g/mol. The van der Waals surface area contributed by atoms with Crippen LogP contribution in [0.3, 0.4) is 0 Å². The number of ether oxygens (including phenoxy) is 3. The van der Waals surface area contributed by atoms with Crippen LogP contribution in [0.15, 0.2) is 12.1 Å². The molecule has 0 spiro atoms. The Morgan fingerprint density at radius 3 is 2.15 bits per heavy atom. The molecule has 0 heterocycles. The Bertz CT molecular complexity index is 426. The van der Waals surface area contributed by atoms with E-state index in [0.29, 0.717) is 36.9 Å². The minimum Gasteiger partial charge on any atom is -0.496 e. The second-order valence-corrected chi connectivity index (χ2v) is 3.98. The molecule has 0 saturated heterocycles. The first-order valence-electron chi connectivity index (χ1n) is 6.15. The maximum atomic E-state index is 10.5. The van der Waals surface area contributed by atoms with Crippen LogP contribution in [0.4, 0.5) is 4.79 Å². The predicted molar refractivity (Wildman–Crippen MR) is 75.4 cm³/mol. The van der Waals surface area contributed by atoms with Gasteiger partial charge in [-0.05, 0) is 0 Å². The molecule has 20 heavy (non-hydrogen) atoms. The summed E-state index contributed by atoms with van der Waals surface area (Å²) in [5.74, 6) is 2.02. The van der Waals surface area contributed by atoms with Gasteiger partial charge in [0.1, 0.15) is 17.2 Å². The van der Waals surface area contributed by atoms with Gasteiger partial charge in [-0.25, -0.2) is 4.79 Å². The van der Waals surface area contributed by atoms with E-state index in [1.165, 1.54) is 0 Å². The Hall–Kier alpha value is -2.15. The smallest absolute Gasteiger partial charge is 0.312 e. The van der Waals surface area contributed by atoms with E-state index < -0.39 is 6.03 Å². The highest BCUT2D eigenvalue weighted by molar-refractivity contribution is 5.71. The van der Waals surface area contributed by atoms with Crippen molar-refractivity contribution < 1.29 is 19.0 Å². The van der Waals surface area contributed by atoms with Crippen LogP contribution in [0, 0.1) is 0 Å². The first-order valence-corrected chi connectivity index (χ1v) is 6.15. The maximum absolute atomic E-state index is 10.5. The van der Waals surface area contributed by atoms with E-state index in [-0.39, 0.29) is 0 Å². The van der Waals surface area contributed by atoms with Gasteiger partial charge in [-0.15, -0.1) is 0 Å². The number of urea groups is 1. The quantitative estimate of drug-likeness (QED) is 0.603. The highest BCUT2D eigenvalue weighted by Gasteiger charge is 2.12. The number of methoxy groups -OCH3 is 3. The summed E-state index contributed by atoms with van der Waals surface area (Å²) in [6.07, 6.45) is 0. The summed E-state index contributed by atoms with van der Waals surface area (Å²) in [5, 5.41) is 5.67. The van der Waals surface area contributed by atoms with Crippen molar-refractivity contribution in [2.24, 2.45) is 5.73 Å². The van der Waals surface area contributed by atoms with Crippen LogP contribution in [-0.4, -0.2) is 40.5 Å². The molecule has 1 aromatic rings. The number of primary amides is 1. The van der Waals surface area contributed by atoms with Crippen LogP contribution in [0.5, 0.6) is 17.2 Å². The molecule has 0 aliphatic rings. The first kappa shape index (κ1) is 15.9. The largest absolute Gasteiger partial charge is 0.496 e. The van der Waals surface area contributed by atoms with E-state index in [2.05, 4.69) is 10.6 Å². The molecular formula is C13H21N3O4. The minimum atomic E-state index is -0.536. The Balaban J connectivity index is 2.69. The molecule has 4 N–H and O–H groups in total. The zero-order valence-electron chi connectivity index (χ0n) is 12.0. The van der Waals surface area contributed by atoms with Crippen molar-refractivity contribution in [2.75, 3.05) is 34.4 Å². The van der Waals surface area contributed by atoms with E-state index in [1.54, 1.807) is 33.5 Å². The molecule has 0 unspecified atom stereocenters. The topological polar surface area (TPSA) is 94.8 Å². The fourth-order valence-corrected chi connectivity index (χ4v) is 1.74. The molecule has 2 amide bonds. The van der Waals surface area contributed by atoms with Gasteiger partial charge < -0.3 is 30.6 Å². The highest BCUT2D eigenvalue weighted by Crippen LogP contribution is 2.33. The van der Waals surface area contributed by atoms with Gasteiger partial charge in [0.15, 0.2) is 0 Å². The number of carbonyl (C=O) groups is 1. The number of amides is 2. The van der Waals surface area contributed by atoms with E-state index in [0.717, 1.165) is 5.56 Å². The van der Waals surface area contributed by atoms with Crippen molar-refractivity contribution >= 4 is 6.03 Å². The molecule has 0 bridgehead atoms. The lowest BCUT2D eigenvalue weighted by Crippen LogP contribution is -2.35. The monoisotopic (exact) mass is 283 g/mol. The molecule has 0 atom stereocenters. The van der Waals surface area contributed by atoms with Crippen molar-refractivity contribution in [3.8, 4) is 17.2 Å². The summed E-state index contributed by atoms with van der Waals surface area (Å²) in [4.78, 5) is 10.5. The van der Waals surface area contributed by atoms with Gasteiger partial charge in [-0.1, -0.05) is 0 Å². The second-order valence-electron chi connectivity index (χ2n) is 3.98. The van der Waals surface area contributed by atoms with Gasteiger partial charge in [0.25, 0.3) is 0 Å². The summed E-state index contributed by atoms with van der Waals surface area (Å²) in [7, 11) is 4.76. The number of nitrogens with one attached hydrogen (secondary N) is 2. The van der Waals surface area contributed by atoms with Crippen molar-refractivity contribution in [3.05, 3.63) is 17.7 Å². The summed E-state index contributed by atoms with van der Waals surface area (Å²) < 4.78 is 15.9. The van der Waals surface area contributed by atoms with Crippen LogP contribution < -0.4 is 30.6 Å². The average Bonchev–Trinajstić information content (AvgIpc) is 2.46. The van der Waals surface area contributed by atoms with Gasteiger partial charge in [0.05, 0.1) is 26.9 Å². The fraction of sp³-hybridized carbons (Fsp3) is 0.462. The first-order chi connectivity index (χ1) is 9.62. The zero-order chi connectivity index (χ0) is 15.0. The number of nitrogens with two attached hydrogens (primary N) is 1. The molecule has 7 heteroatoms. The van der Waals surface area contributed by atoms with Crippen LogP contribution in [0.1, 0.15) is 5.56 Å². The number of hydrogen-bond acceptors (Lipinski definition) is 5. The van der Waals surface area contributed by atoms with E-state index in [9.17, 15) is 4.79 Å². The van der Waals surface area contributed by atoms with E-state index >= 15 is 0 Å². The molecule has 0 radical (unpaired) electrons. The van der Waals surface area contributed by atoms with Crippen LogP contribution in [-0.2, 0) is 6.54 Å². The standard InChI is InChI=1S/C13H21N3O4/c1-18-9-6-11(19-2)10(12(7-9)20-3)8-15-4-5-16-13(14)17/h6-7,15H,4-5,8H2,1-3H3,(H3,14,16,17). The van der Waals surface area contributed by atoms with Crippen LogP contribution >= 0.6 is 0 Å². The fourth-order valence-electron chi connectivity index (χ4n) is 1.74. The van der Waals surface area contributed by atoms with Crippen LogP contribution in [0.2, 0.25) is 0 Å². The third-order valence-electron chi connectivity index (χ3n) is 2.72. The molecule has 0 aromatic heterocycles. The molecule has 7 nitrogen and oxygen atoms in total. The van der Waals surface area contributed by atoms with Gasteiger partial charge in [-0.3, -0.25) is 0 Å². The summed E-state index contributed by atoms with van der Waals surface area (Å²) in [6.45, 7) is 1.58. The maximum Gasteiger partial charge on any atom is 0.312 e. The van der Waals surface area contributed by atoms with Crippen molar-refractivity contribution in [3.63, 3.8) is 0 Å². The van der Waals surface area contributed by atoms with Gasteiger partial charge in [-0.2, -0.15) is 0 Å². The number of benzene rings is 1. The number of rotatable bonds is 8. The molecule has 0 saturated carbocycles. The summed E-state index contributed by atoms with van der Waals surface area (Å²) in [6, 6.07) is 3.05. The van der Waals surface area contributed by atoms with Crippen LogP contribution in [0.25, 0.3) is 0 Å². The molecule has 1 rings (SSSR count). The summed E-state index contributed by atoms with van der Waals surface area (Å²) >= 11 is 0. The summed E-state index contributed by atoms with van der Waals surface area (Å²) in [5.41, 5.74) is 5.86. The number of carbonyl (C=O) groups excluding carboxylic acids is 1. The highest BCUT2D eigenvalue weighted by atomic mass is 16.5. The van der Waals surface area contributed by atoms with Crippen molar-refractivity contribution in [2.45, 2.75) is 6.54 Å². The zero-order valence-corrected chi connectivity index (χ0v) is 12.0. The lowest BCUT2D eigenvalue weighted by molar-refractivity contribution is 0.249.